The summed E-state index contributed by atoms with van der Waals surface area (Å²) in [6.07, 6.45) is -45.0. The number of carboxylic acids is 3. The van der Waals surface area contributed by atoms with Crippen molar-refractivity contribution in [3.05, 3.63) is 35.4 Å². The van der Waals surface area contributed by atoms with Crippen LogP contribution in [0, 0.1) is 0 Å². The Morgan fingerprint density at radius 1 is 0.625 bits per heavy atom. The smallest absolute Gasteiger partial charge is 0.364 e. The van der Waals surface area contributed by atoms with E-state index in [0.29, 0.717) is 5.56 Å². The molecule has 0 spiro atoms. The van der Waals surface area contributed by atoms with Crippen LogP contribution in [-0.4, -0.2) is 329 Å². The van der Waals surface area contributed by atoms with Crippen LogP contribution in [0.3, 0.4) is 0 Å². The molecule has 0 aliphatic carbocycles. The van der Waals surface area contributed by atoms with Gasteiger partial charge in [-0.3, -0.25) is 19.2 Å². The molecule has 38 heteroatoms. The van der Waals surface area contributed by atoms with Crippen LogP contribution in [0.25, 0.3) is 0 Å². The molecular weight excluding hydrogens is 1200 g/mol. The van der Waals surface area contributed by atoms with Crippen LogP contribution in [0.2, 0.25) is 0 Å². The van der Waals surface area contributed by atoms with Crippen molar-refractivity contribution in [2.75, 3.05) is 46.6 Å². The number of amides is 4. The Bertz CT molecular complexity index is 2530. The average molecular weight is 1270 g/mol. The lowest BCUT2D eigenvalue weighted by Gasteiger charge is -2.49. The van der Waals surface area contributed by atoms with E-state index in [1.165, 1.54) is 24.3 Å². The molecule has 15 unspecified atom stereocenters. The first-order valence-corrected chi connectivity index (χ1v) is 27.2. The highest BCUT2D eigenvalue weighted by molar-refractivity contribution is 5.94. The van der Waals surface area contributed by atoms with Crippen molar-refractivity contribution in [3.63, 3.8) is 0 Å². The number of methoxy groups -OCH3 is 1. The molecule has 0 radical (unpaired) electrons. The predicted octanol–water partition coefficient (Wildman–Crippen LogP) is -12.0. The standard InChI is InChI=1S/C50H75N5O33/c1-16(59)53-26-30(66)29(65)22(14-57)81-45(26)84-39-33(69)35(71)48(87-41(39)44(75)76)83-36-23(15-58)82-46(27(31(36)67)54-17(2)60)85-38-32(68)34(70)47(86-40(38)43(73)74)80-9-8-52-42(72)19-6-4-18(5-7-19)11-51-12-24(63)55-25-20(61)10-50(79-3,49(77)78)88-37(25)28(64)21(62)13-56/h4-7,20-23,25-41,45-48,51,56-58,61-62,64-71H,8-15H2,1-3H3,(H,52,72)(H,53,59)(H,54,60)(H,55,63)(H,73,74)(H,75,76)(H,77,78)/t20?,21-,22?,23?,25-,26?,27?,28?,29-,30?,31?,32?,33?,34?,35?,36-,37?,38+,39+,40?,41?,45-,46-,47-,48-,50-/m1/s1. The van der Waals surface area contributed by atoms with Crippen LogP contribution >= 0.6 is 0 Å². The Hall–Kier alpha value is -5.45. The Morgan fingerprint density at radius 3 is 1.66 bits per heavy atom. The second-order valence-corrected chi connectivity index (χ2v) is 21.0. The van der Waals surface area contributed by atoms with Crippen LogP contribution in [0.15, 0.2) is 24.3 Å². The van der Waals surface area contributed by atoms with E-state index in [1.807, 2.05) is 0 Å². The molecule has 5 aliphatic heterocycles. The molecule has 0 bridgehead atoms. The third-order valence-corrected chi connectivity index (χ3v) is 14.9. The van der Waals surface area contributed by atoms with Gasteiger partial charge < -0.3 is 156 Å². The van der Waals surface area contributed by atoms with Crippen LogP contribution in [0.4, 0.5) is 0 Å². The average Bonchev–Trinajstić information content (AvgIpc) is 1.25. The van der Waals surface area contributed by atoms with Gasteiger partial charge in [0.15, 0.2) is 37.4 Å². The number of hydrogen-bond acceptors (Lipinski definition) is 31. The Morgan fingerprint density at radius 2 is 1.15 bits per heavy atom. The minimum atomic E-state index is -2.45. The summed E-state index contributed by atoms with van der Waals surface area (Å²) in [5, 5.41) is 181. The van der Waals surface area contributed by atoms with Gasteiger partial charge in [-0.05, 0) is 17.7 Å². The molecule has 5 aliphatic rings. The zero-order chi connectivity index (χ0) is 65.2. The maximum absolute atomic E-state index is 13.0. The van der Waals surface area contributed by atoms with Crippen molar-refractivity contribution in [2.24, 2.45) is 0 Å². The van der Waals surface area contributed by atoms with Gasteiger partial charge in [-0.15, -0.1) is 0 Å². The van der Waals surface area contributed by atoms with Crippen molar-refractivity contribution in [2.45, 2.75) is 186 Å². The van der Waals surface area contributed by atoms with Crippen molar-refractivity contribution < 1.29 is 163 Å². The number of carbonyl (C=O) groups is 7. The predicted molar refractivity (Wildman–Crippen MR) is 276 cm³/mol. The molecule has 5 heterocycles. The van der Waals surface area contributed by atoms with Gasteiger partial charge in [-0.1, -0.05) is 12.1 Å². The lowest BCUT2D eigenvalue weighted by Crippen LogP contribution is -2.70. The molecule has 1 aromatic carbocycles. The molecule has 4 amide bonds. The number of aliphatic carboxylic acids is 3. The lowest BCUT2D eigenvalue weighted by molar-refractivity contribution is -0.371. The number of hydrogen-bond donors (Lipinski definition) is 21. The zero-order valence-corrected chi connectivity index (χ0v) is 47.0. The number of benzene rings is 1. The fraction of sp³-hybridized carbons (Fsp3) is 0.740. The molecule has 0 aromatic heterocycles. The third kappa shape index (κ3) is 16.7. The van der Waals surface area contributed by atoms with Gasteiger partial charge >= 0.3 is 17.9 Å². The molecule has 0 saturated carbocycles. The third-order valence-electron chi connectivity index (χ3n) is 14.9. The number of nitrogens with one attached hydrogen (secondary N) is 5. The minimum Gasteiger partial charge on any atom is -0.479 e. The summed E-state index contributed by atoms with van der Waals surface area (Å²) in [6.45, 7) is -2.15. The quantitative estimate of drug-likeness (QED) is 0.0364. The first-order chi connectivity index (χ1) is 41.5. The largest absolute Gasteiger partial charge is 0.479 e. The van der Waals surface area contributed by atoms with E-state index in [0.717, 1.165) is 21.0 Å². The summed E-state index contributed by atoms with van der Waals surface area (Å²) in [4.78, 5) is 87.5. The van der Waals surface area contributed by atoms with Gasteiger partial charge in [0, 0.05) is 46.0 Å². The zero-order valence-electron chi connectivity index (χ0n) is 47.0. The fourth-order valence-corrected chi connectivity index (χ4v) is 10.3. The highest BCUT2D eigenvalue weighted by atomic mass is 16.8. The molecule has 1 aromatic rings. The number of ether oxygens (including phenoxy) is 10. The highest BCUT2D eigenvalue weighted by Gasteiger charge is 2.59. The number of aliphatic hydroxyl groups excluding tert-OH is 13. The highest BCUT2D eigenvalue weighted by Crippen LogP contribution is 2.36. The number of carbonyl (C=O) groups excluding carboxylic acids is 4. The lowest BCUT2D eigenvalue weighted by atomic mass is 9.88. The van der Waals surface area contributed by atoms with Crippen LogP contribution in [-0.2, 0) is 82.7 Å². The van der Waals surface area contributed by atoms with E-state index in [-0.39, 0.29) is 18.7 Å². The summed E-state index contributed by atoms with van der Waals surface area (Å²) in [5.74, 6) is -10.9. The van der Waals surface area contributed by atoms with Gasteiger partial charge in [0.25, 0.3) is 11.7 Å². The summed E-state index contributed by atoms with van der Waals surface area (Å²) in [6, 6.07) is 0.894. The summed E-state index contributed by atoms with van der Waals surface area (Å²) in [5.41, 5.74) is 0.685. The van der Waals surface area contributed by atoms with Crippen molar-refractivity contribution in [3.8, 4) is 0 Å². The summed E-state index contributed by atoms with van der Waals surface area (Å²) < 4.78 is 55.2. The van der Waals surface area contributed by atoms with E-state index in [1.54, 1.807) is 0 Å². The molecule has 88 heavy (non-hydrogen) atoms. The summed E-state index contributed by atoms with van der Waals surface area (Å²) >= 11 is 0. The van der Waals surface area contributed by atoms with Gasteiger partial charge in [0.2, 0.25) is 17.7 Å². The Balaban J connectivity index is 1.01. The monoisotopic (exact) mass is 1270 g/mol. The van der Waals surface area contributed by atoms with Gasteiger partial charge in [-0.2, -0.15) is 0 Å². The molecule has 6 rings (SSSR count). The number of carboxylic acid groups (broad SMARTS) is 3. The molecule has 38 nitrogen and oxygen atoms in total. The first kappa shape index (κ1) is 71.6. The van der Waals surface area contributed by atoms with Crippen LogP contribution in [0.5, 0.6) is 0 Å². The van der Waals surface area contributed by atoms with E-state index in [9.17, 15) is 115 Å². The fourth-order valence-electron chi connectivity index (χ4n) is 10.3. The minimum absolute atomic E-state index is 0.0446. The summed E-state index contributed by atoms with van der Waals surface area (Å²) in [7, 11) is 0.974. The first-order valence-electron chi connectivity index (χ1n) is 27.2. The van der Waals surface area contributed by atoms with Crippen molar-refractivity contribution in [1.82, 2.24) is 26.6 Å². The van der Waals surface area contributed by atoms with Crippen LogP contribution < -0.4 is 26.6 Å². The second kappa shape index (κ2) is 31.5. The van der Waals surface area contributed by atoms with Crippen molar-refractivity contribution >= 4 is 41.5 Å². The number of aliphatic hydroxyl groups is 13. The Labute approximate surface area is 497 Å². The van der Waals surface area contributed by atoms with Gasteiger partial charge in [0.05, 0.1) is 45.1 Å². The van der Waals surface area contributed by atoms with Gasteiger partial charge in [-0.25, -0.2) is 14.4 Å². The van der Waals surface area contributed by atoms with E-state index in [4.69, 9.17) is 47.4 Å². The molecule has 5 fully saturated rings. The van der Waals surface area contributed by atoms with E-state index < -0.39 is 240 Å². The van der Waals surface area contributed by atoms with Gasteiger partial charge in [0.1, 0.15) is 104 Å². The second-order valence-electron chi connectivity index (χ2n) is 21.0. The topological polar surface area (TPSA) is 596 Å². The van der Waals surface area contributed by atoms with E-state index in [2.05, 4.69) is 26.6 Å². The normalized spacial score (nSPS) is 38.4. The van der Waals surface area contributed by atoms with Crippen LogP contribution in [0.1, 0.15) is 36.2 Å². The molecule has 26 atom stereocenters. The molecular formula is C50H75N5O33. The molecule has 5 saturated heterocycles. The molecule has 498 valence electrons. The van der Waals surface area contributed by atoms with Crippen molar-refractivity contribution in [1.29, 1.82) is 0 Å². The number of rotatable bonds is 27. The van der Waals surface area contributed by atoms with E-state index >= 15 is 0 Å². The molecule has 21 N–H and O–H groups in total. The SMILES string of the molecule is CO[C@]1(C(=O)O)CC(O)[C@@H](NC(=O)CNCc2ccc(C(=O)NCCO[C@@H]3OC(C(=O)O)[C@@H](O[C@H]4OC(CO)[C@@H](O[C@@H]5OC(C(=O)O)[C@@H](O[C@H]6OC(CO)[C@@H](O)C(O)C6NC(C)=O)C(O)C5O)C(O)C4NC(C)=O)C(O)C3O)cc2)C(C(O)[C@H](O)CO)O1. The maximum atomic E-state index is 13.0. The Kier molecular flexibility index (Phi) is 25.7. The maximum Gasteiger partial charge on any atom is 0.364 e.